The molecule has 31 heavy (non-hydrogen) atoms. The van der Waals surface area contributed by atoms with Crippen molar-refractivity contribution in [1.29, 1.82) is 0 Å². The second-order valence-corrected chi connectivity index (χ2v) is 7.39. The second kappa shape index (κ2) is 9.02. The molecule has 0 unspecified atom stereocenters. The Labute approximate surface area is 183 Å². The van der Waals surface area contributed by atoms with Crippen LogP contribution in [0, 0.1) is 5.82 Å². The lowest BCUT2D eigenvalue weighted by molar-refractivity contribution is -0.123. The minimum absolute atomic E-state index is 0.0806. The Balaban J connectivity index is 1.46. The maximum absolute atomic E-state index is 13.8. The monoisotopic (exact) mass is 436 g/mol. The largest absolute Gasteiger partial charge is 0.489 e. The summed E-state index contributed by atoms with van der Waals surface area (Å²) in [6.07, 6.45) is 1.58. The summed E-state index contributed by atoms with van der Waals surface area (Å²) < 4.78 is 19.4. The quantitative estimate of drug-likeness (QED) is 0.429. The van der Waals surface area contributed by atoms with Crippen LogP contribution in [0.4, 0.5) is 9.18 Å². The van der Waals surface area contributed by atoms with Crippen LogP contribution in [-0.4, -0.2) is 16.8 Å². The number of hydrogen-bond donors (Lipinski definition) is 1. The topological polar surface area (TPSA) is 58.6 Å². The first-order chi connectivity index (χ1) is 15.0. The van der Waals surface area contributed by atoms with Crippen molar-refractivity contribution in [2.24, 2.45) is 0 Å². The smallest absolute Gasteiger partial charge is 0.329 e. The average Bonchev–Trinajstić information content (AvgIpc) is 3.02. The molecule has 1 fully saturated rings. The molecule has 0 atom stereocenters. The maximum Gasteiger partial charge on any atom is 0.329 e. The predicted molar refractivity (Wildman–Crippen MR) is 116 cm³/mol. The third-order valence-electron chi connectivity index (χ3n) is 4.74. The van der Waals surface area contributed by atoms with E-state index in [1.807, 2.05) is 0 Å². The van der Waals surface area contributed by atoms with E-state index in [2.05, 4.69) is 5.32 Å². The molecule has 1 N–H and O–H groups in total. The van der Waals surface area contributed by atoms with Gasteiger partial charge in [0.2, 0.25) is 0 Å². The molecule has 0 radical (unpaired) electrons. The zero-order chi connectivity index (χ0) is 21.8. The number of carbonyl (C=O) groups is 2. The summed E-state index contributed by atoms with van der Waals surface area (Å²) >= 11 is 5.88. The van der Waals surface area contributed by atoms with E-state index in [0.717, 1.165) is 10.5 Å². The van der Waals surface area contributed by atoms with E-state index in [1.165, 1.54) is 6.07 Å². The van der Waals surface area contributed by atoms with Crippen LogP contribution in [0.5, 0.6) is 5.75 Å². The fourth-order valence-corrected chi connectivity index (χ4v) is 3.25. The standard InChI is InChI=1S/C24H18ClFN2O3/c25-19-10-8-16(9-11-19)14-28-23(29)22(27-24(28)30)13-17-4-3-6-20(12-17)31-15-18-5-1-2-7-21(18)26/h1-13H,14-15H2,(H,27,30). The van der Waals surface area contributed by atoms with Crippen molar-refractivity contribution in [2.45, 2.75) is 13.2 Å². The molecule has 0 aromatic heterocycles. The molecule has 0 aliphatic carbocycles. The lowest BCUT2D eigenvalue weighted by atomic mass is 10.1. The van der Waals surface area contributed by atoms with Crippen molar-refractivity contribution in [3.63, 3.8) is 0 Å². The predicted octanol–water partition coefficient (Wildman–Crippen LogP) is 5.15. The molecule has 5 nitrogen and oxygen atoms in total. The van der Waals surface area contributed by atoms with Gasteiger partial charge in [0.1, 0.15) is 23.9 Å². The van der Waals surface area contributed by atoms with Gasteiger partial charge in [-0.3, -0.25) is 9.69 Å². The highest BCUT2D eigenvalue weighted by molar-refractivity contribution is 6.30. The summed E-state index contributed by atoms with van der Waals surface area (Å²) in [5.41, 5.74) is 2.08. The molecule has 1 heterocycles. The van der Waals surface area contributed by atoms with Crippen molar-refractivity contribution in [3.05, 3.63) is 106 Å². The molecule has 7 heteroatoms. The SMILES string of the molecule is O=C1NC(=Cc2cccc(OCc3ccccc3F)c2)C(=O)N1Cc1ccc(Cl)cc1. The van der Waals surface area contributed by atoms with Crippen LogP contribution >= 0.6 is 11.6 Å². The number of halogens is 2. The molecule has 156 valence electrons. The Morgan fingerprint density at radius 2 is 1.77 bits per heavy atom. The summed E-state index contributed by atoms with van der Waals surface area (Å²) in [7, 11) is 0. The lowest BCUT2D eigenvalue weighted by Crippen LogP contribution is -2.30. The van der Waals surface area contributed by atoms with Gasteiger partial charge in [-0.2, -0.15) is 0 Å². The second-order valence-electron chi connectivity index (χ2n) is 6.96. The highest BCUT2D eigenvalue weighted by atomic mass is 35.5. The number of imide groups is 1. The Morgan fingerprint density at radius 3 is 2.55 bits per heavy atom. The van der Waals surface area contributed by atoms with Gasteiger partial charge >= 0.3 is 6.03 Å². The van der Waals surface area contributed by atoms with Crippen LogP contribution in [0.2, 0.25) is 5.02 Å². The molecule has 3 aromatic carbocycles. The average molecular weight is 437 g/mol. The number of ether oxygens (including phenoxy) is 1. The highest BCUT2D eigenvalue weighted by Gasteiger charge is 2.33. The zero-order valence-corrected chi connectivity index (χ0v) is 17.1. The zero-order valence-electron chi connectivity index (χ0n) is 16.3. The number of carbonyl (C=O) groups excluding carboxylic acids is 2. The van der Waals surface area contributed by atoms with Crippen LogP contribution in [-0.2, 0) is 17.9 Å². The normalized spacial score (nSPS) is 14.8. The number of amides is 3. The number of nitrogens with zero attached hydrogens (tertiary/aromatic N) is 1. The third-order valence-corrected chi connectivity index (χ3v) is 4.99. The third kappa shape index (κ3) is 4.92. The van der Waals surface area contributed by atoms with Crippen molar-refractivity contribution >= 4 is 29.6 Å². The van der Waals surface area contributed by atoms with Gasteiger partial charge in [-0.15, -0.1) is 0 Å². The van der Waals surface area contributed by atoms with Gasteiger partial charge in [0.25, 0.3) is 5.91 Å². The van der Waals surface area contributed by atoms with Gasteiger partial charge in [0, 0.05) is 10.6 Å². The fourth-order valence-electron chi connectivity index (χ4n) is 3.12. The van der Waals surface area contributed by atoms with E-state index in [1.54, 1.807) is 72.8 Å². The molecule has 1 aliphatic heterocycles. The Morgan fingerprint density at radius 1 is 1.00 bits per heavy atom. The van der Waals surface area contributed by atoms with Crippen molar-refractivity contribution in [3.8, 4) is 5.75 Å². The molecule has 1 saturated heterocycles. The van der Waals surface area contributed by atoms with Gasteiger partial charge in [-0.05, 0) is 47.5 Å². The lowest BCUT2D eigenvalue weighted by Gasteiger charge is -2.11. The number of hydrogen-bond acceptors (Lipinski definition) is 3. The Kier molecular flexibility index (Phi) is 6.00. The van der Waals surface area contributed by atoms with Gasteiger partial charge < -0.3 is 10.1 Å². The molecule has 0 spiro atoms. The van der Waals surface area contributed by atoms with E-state index in [9.17, 15) is 14.0 Å². The van der Waals surface area contributed by atoms with E-state index < -0.39 is 11.9 Å². The molecule has 0 saturated carbocycles. The van der Waals surface area contributed by atoms with E-state index >= 15 is 0 Å². The first kappa shape index (κ1) is 20.6. The highest BCUT2D eigenvalue weighted by Crippen LogP contribution is 2.21. The molecular weight excluding hydrogens is 419 g/mol. The minimum atomic E-state index is -0.488. The summed E-state index contributed by atoms with van der Waals surface area (Å²) in [4.78, 5) is 26.1. The van der Waals surface area contributed by atoms with Gasteiger partial charge in [-0.1, -0.05) is 54.1 Å². The summed E-state index contributed by atoms with van der Waals surface area (Å²) in [5.74, 6) is -0.231. The van der Waals surface area contributed by atoms with E-state index in [0.29, 0.717) is 21.9 Å². The van der Waals surface area contributed by atoms with Crippen LogP contribution in [0.15, 0.2) is 78.5 Å². The van der Waals surface area contributed by atoms with Crippen LogP contribution in [0.1, 0.15) is 16.7 Å². The van der Waals surface area contributed by atoms with Crippen LogP contribution in [0.25, 0.3) is 6.08 Å². The summed E-state index contributed by atoms with van der Waals surface area (Å²) in [5, 5.41) is 3.18. The minimum Gasteiger partial charge on any atom is -0.489 e. The molecule has 3 amide bonds. The number of rotatable bonds is 6. The summed E-state index contributed by atoms with van der Waals surface area (Å²) in [6, 6.07) is 19.9. The molecule has 1 aliphatic rings. The van der Waals surface area contributed by atoms with Crippen LogP contribution in [0.3, 0.4) is 0 Å². The van der Waals surface area contributed by atoms with Crippen LogP contribution < -0.4 is 10.1 Å². The van der Waals surface area contributed by atoms with Crippen molar-refractivity contribution in [2.75, 3.05) is 0 Å². The van der Waals surface area contributed by atoms with Gasteiger partial charge in [-0.25, -0.2) is 9.18 Å². The van der Waals surface area contributed by atoms with Gasteiger partial charge in [0.15, 0.2) is 0 Å². The fraction of sp³-hybridized carbons (Fsp3) is 0.0833. The van der Waals surface area contributed by atoms with Crippen molar-refractivity contribution < 1.29 is 18.7 Å². The van der Waals surface area contributed by atoms with E-state index in [-0.39, 0.29) is 24.7 Å². The molecule has 0 bridgehead atoms. The van der Waals surface area contributed by atoms with Gasteiger partial charge in [0.05, 0.1) is 6.54 Å². The first-order valence-electron chi connectivity index (χ1n) is 9.55. The number of nitrogens with one attached hydrogen (secondary N) is 1. The molecule has 4 rings (SSSR count). The Hall–Kier alpha value is -3.64. The first-order valence-corrected chi connectivity index (χ1v) is 9.92. The maximum atomic E-state index is 13.8. The van der Waals surface area contributed by atoms with Crippen molar-refractivity contribution in [1.82, 2.24) is 10.2 Å². The Bertz CT molecular complexity index is 1160. The number of benzene rings is 3. The van der Waals surface area contributed by atoms with E-state index in [4.69, 9.17) is 16.3 Å². The molecule has 3 aromatic rings. The number of urea groups is 1. The summed E-state index contributed by atoms with van der Waals surface area (Å²) in [6.45, 7) is 0.224. The molecular formula is C24H18ClFN2O3.